The minimum absolute atomic E-state index is 0.0172. The summed E-state index contributed by atoms with van der Waals surface area (Å²) in [6.07, 6.45) is 1.96. The van der Waals surface area contributed by atoms with Crippen molar-refractivity contribution < 1.29 is 23.9 Å². The number of halogens is 2. The van der Waals surface area contributed by atoms with Gasteiger partial charge in [-0.25, -0.2) is 9.69 Å². The maximum absolute atomic E-state index is 13.2. The first-order valence-electron chi connectivity index (χ1n) is 9.47. The number of nitrogens with one attached hydrogen (secondary N) is 1. The van der Waals surface area contributed by atoms with Gasteiger partial charge in [-0.2, -0.15) is 0 Å². The second-order valence-electron chi connectivity index (χ2n) is 6.75. The number of carbonyl (C=O) groups is 3. The van der Waals surface area contributed by atoms with Gasteiger partial charge in [0.25, 0.3) is 11.8 Å². The summed E-state index contributed by atoms with van der Waals surface area (Å²) in [5.41, 5.74) is 0.249. The molecule has 0 unspecified atom stereocenters. The molecule has 1 aliphatic heterocycles. The van der Waals surface area contributed by atoms with Crippen LogP contribution in [0, 0.1) is 0 Å². The number of urea groups is 1. The van der Waals surface area contributed by atoms with Crippen molar-refractivity contribution in [3.8, 4) is 11.5 Å². The first kappa shape index (κ1) is 22.7. The van der Waals surface area contributed by atoms with Crippen molar-refractivity contribution in [2.45, 2.75) is 26.4 Å². The quantitative estimate of drug-likeness (QED) is 0.489. The van der Waals surface area contributed by atoms with E-state index in [-0.39, 0.29) is 27.4 Å². The smallest absolute Gasteiger partial charge is 0.336 e. The molecular weight excluding hydrogens is 443 g/mol. The Morgan fingerprint density at radius 3 is 2.52 bits per heavy atom. The molecule has 1 heterocycles. The molecule has 162 valence electrons. The lowest BCUT2D eigenvalue weighted by atomic mass is 10.1. The minimum atomic E-state index is -0.918. The number of para-hydroxylation sites is 1. The van der Waals surface area contributed by atoms with Crippen molar-refractivity contribution in [1.29, 1.82) is 0 Å². The number of nitrogens with zero attached hydrogens (tertiary/aromatic N) is 1. The molecule has 0 aliphatic carbocycles. The summed E-state index contributed by atoms with van der Waals surface area (Å²) >= 11 is 12.2. The van der Waals surface area contributed by atoms with E-state index in [2.05, 4.69) is 5.32 Å². The van der Waals surface area contributed by atoms with E-state index < -0.39 is 17.8 Å². The fourth-order valence-corrected chi connectivity index (χ4v) is 3.29. The Morgan fingerprint density at radius 2 is 1.84 bits per heavy atom. The molecule has 1 saturated heterocycles. The van der Waals surface area contributed by atoms with Crippen molar-refractivity contribution >= 4 is 52.8 Å². The van der Waals surface area contributed by atoms with Crippen molar-refractivity contribution in [3.63, 3.8) is 0 Å². The molecule has 31 heavy (non-hydrogen) atoms. The molecular formula is C22H20Cl2N2O5. The predicted octanol–water partition coefficient (Wildman–Crippen LogP) is 4.85. The highest BCUT2D eigenvalue weighted by Gasteiger charge is 2.38. The molecule has 0 saturated carbocycles. The Hall–Kier alpha value is -3.03. The van der Waals surface area contributed by atoms with Gasteiger partial charge in [-0.3, -0.25) is 14.9 Å². The van der Waals surface area contributed by atoms with Crippen molar-refractivity contribution in [1.82, 2.24) is 5.32 Å². The second kappa shape index (κ2) is 9.41. The molecule has 7 nitrogen and oxygen atoms in total. The van der Waals surface area contributed by atoms with E-state index in [0.29, 0.717) is 17.1 Å². The van der Waals surface area contributed by atoms with Crippen LogP contribution in [0.3, 0.4) is 0 Å². The molecule has 1 N–H and O–H groups in total. The van der Waals surface area contributed by atoms with E-state index in [4.69, 9.17) is 32.7 Å². The largest absolute Gasteiger partial charge is 0.493 e. The number of carbonyl (C=O) groups excluding carboxylic acids is 3. The Bertz CT molecular complexity index is 1080. The normalized spacial score (nSPS) is 16.4. The Morgan fingerprint density at radius 1 is 1.13 bits per heavy atom. The average Bonchev–Trinajstić information content (AvgIpc) is 2.74. The predicted molar refractivity (Wildman–Crippen MR) is 119 cm³/mol. The average molecular weight is 463 g/mol. The number of benzene rings is 2. The highest BCUT2D eigenvalue weighted by atomic mass is 35.5. The van der Waals surface area contributed by atoms with Gasteiger partial charge in [-0.15, -0.1) is 0 Å². The number of barbiturate groups is 1. The molecule has 2 aromatic carbocycles. The highest BCUT2D eigenvalue weighted by molar-refractivity contribution is 6.46. The van der Waals surface area contributed by atoms with E-state index >= 15 is 0 Å². The van der Waals surface area contributed by atoms with Gasteiger partial charge in [0.1, 0.15) is 5.57 Å². The molecule has 0 radical (unpaired) electrons. The van der Waals surface area contributed by atoms with Gasteiger partial charge >= 0.3 is 6.03 Å². The van der Waals surface area contributed by atoms with Gasteiger partial charge in [-0.05, 0) is 37.6 Å². The molecule has 4 amide bonds. The number of hydrogen-bond acceptors (Lipinski definition) is 5. The highest BCUT2D eigenvalue weighted by Crippen LogP contribution is 2.36. The molecule has 0 bridgehead atoms. The van der Waals surface area contributed by atoms with Crippen molar-refractivity contribution in [2.24, 2.45) is 0 Å². The zero-order valence-electron chi connectivity index (χ0n) is 17.1. The lowest BCUT2D eigenvalue weighted by Crippen LogP contribution is -2.54. The van der Waals surface area contributed by atoms with Gasteiger partial charge < -0.3 is 9.47 Å². The van der Waals surface area contributed by atoms with Gasteiger partial charge in [-0.1, -0.05) is 48.3 Å². The van der Waals surface area contributed by atoms with E-state index in [1.165, 1.54) is 25.3 Å². The molecule has 3 rings (SSSR count). The Kier molecular flexibility index (Phi) is 6.87. The fraction of sp³-hybridized carbons (Fsp3) is 0.227. The second-order valence-corrected chi connectivity index (χ2v) is 7.53. The SMILES string of the molecule is CC[C@H](C)Oc1c(/C=C2\C(=O)NC(=O)N(c3cccc(Cl)c3Cl)C2=O)cccc1OC. The Labute approximate surface area is 189 Å². The summed E-state index contributed by atoms with van der Waals surface area (Å²) in [4.78, 5) is 38.9. The third-order valence-electron chi connectivity index (χ3n) is 4.70. The maximum Gasteiger partial charge on any atom is 0.336 e. The summed E-state index contributed by atoms with van der Waals surface area (Å²) in [7, 11) is 1.50. The summed E-state index contributed by atoms with van der Waals surface area (Å²) in [5.74, 6) is -0.835. The third-order valence-corrected chi connectivity index (χ3v) is 5.51. The summed E-state index contributed by atoms with van der Waals surface area (Å²) in [6.45, 7) is 3.86. The number of amides is 4. The zero-order valence-corrected chi connectivity index (χ0v) is 18.6. The standard InChI is InChI=1S/C22H20Cl2N2O5/c1-4-12(2)31-19-13(7-5-10-17(19)30-3)11-14-20(27)25-22(29)26(21(14)28)16-9-6-8-15(23)18(16)24/h5-12H,4H2,1-3H3,(H,25,27,29)/b14-11+/t12-/m0/s1. The van der Waals surface area contributed by atoms with E-state index in [0.717, 1.165) is 11.3 Å². The monoisotopic (exact) mass is 462 g/mol. The molecule has 1 aliphatic rings. The van der Waals surface area contributed by atoms with Crippen LogP contribution in [0.25, 0.3) is 6.08 Å². The van der Waals surface area contributed by atoms with Crippen LogP contribution < -0.4 is 19.7 Å². The first-order valence-corrected chi connectivity index (χ1v) is 10.2. The molecule has 1 atom stereocenters. The van der Waals surface area contributed by atoms with Crippen LogP contribution in [-0.2, 0) is 9.59 Å². The topological polar surface area (TPSA) is 84.9 Å². The van der Waals surface area contributed by atoms with Gasteiger partial charge in [0.05, 0.1) is 28.9 Å². The van der Waals surface area contributed by atoms with Crippen LogP contribution in [0.1, 0.15) is 25.8 Å². The first-order chi connectivity index (χ1) is 14.8. The van der Waals surface area contributed by atoms with Gasteiger partial charge in [0.15, 0.2) is 11.5 Å². The fourth-order valence-electron chi connectivity index (χ4n) is 2.91. The number of rotatable bonds is 6. The molecule has 9 heteroatoms. The number of methoxy groups -OCH3 is 1. The number of anilines is 1. The number of hydrogen-bond donors (Lipinski definition) is 1. The van der Waals surface area contributed by atoms with Crippen LogP contribution >= 0.6 is 23.2 Å². The van der Waals surface area contributed by atoms with Crippen LogP contribution in [0.4, 0.5) is 10.5 Å². The summed E-state index contributed by atoms with van der Waals surface area (Å²) in [5, 5.41) is 2.34. The Balaban J connectivity index is 2.10. The van der Waals surface area contributed by atoms with Crippen molar-refractivity contribution in [2.75, 3.05) is 12.0 Å². The van der Waals surface area contributed by atoms with E-state index in [1.54, 1.807) is 24.3 Å². The van der Waals surface area contributed by atoms with Crippen LogP contribution in [0.5, 0.6) is 11.5 Å². The summed E-state index contributed by atoms with van der Waals surface area (Å²) < 4.78 is 11.3. The summed E-state index contributed by atoms with van der Waals surface area (Å²) in [6, 6.07) is 8.71. The molecule has 2 aromatic rings. The lowest BCUT2D eigenvalue weighted by molar-refractivity contribution is -0.122. The lowest BCUT2D eigenvalue weighted by Gasteiger charge is -2.27. The number of imide groups is 2. The minimum Gasteiger partial charge on any atom is -0.493 e. The van der Waals surface area contributed by atoms with Gasteiger partial charge in [0, 0.05) is 5.56 Å². The van der Waals surface area contributed by atoms with Crippen LogP contribution in [-0.4, -0.2) is 31.1 Å². The maximum atomic E-state index is 13.2. The van der Waals surface area contributed by atoms with Gasteiger partial charge in [0.2, 0.25) is 0 Å². The zero-order chi connectivity index (χ0) is 22.7. The van der Waals surface area contributed by atoms with E-state index in [1.807, 2.05) is 13.8 Å². The van der Waals surface area contributed by atoms with E-state index in [9.17, 15) is 14.4 Å². The molecule has 0 spiro atoms. The third kappa shape index (κ3) is 4.52. The molecule has 1 fully saturated rings. The van der Waals surface area contributed by atoms with Crippen molar-refractivity contribution in [3.05, 3.63) is 57.6 Å². The van der Waals surface area contributed by atoms with Crippen LogP contribution in [0.2, 0.25) is 10.0 Å². The van der Waals surface area contributed by atoms with Crippen LogP contribution in [0.15, 0.2) is 42.0 Å². The molecule has 0 aromatic heterocycles. The number of ether oxygens (including phenoxy) is 2.